The van der Waals surface area contributed by atoms with Gasteiger partial charge in [-0.2, -0.15) is 0 Å². The highest BCUT2D eigenvalue weighted by Crippen LogP contribution is 2.39. The molecular weight excluding hydrogens is 218 g/mol. The van der Waals surface area contributed by atoms with E-state index < -0.39 is 0 Å². The highest BCUT2D eigenvalue weighted by atomic mass is 32.1. The Hall–Kier alpha value is -1.03. The number of hydrogen-bond acceptors (Lipinski definition) is 4. The molecule has 0 amide bonds. The summed E-state index contributed by atoms with van der Waals surface area (Å²) in [6, 6.07) is 4.28. The quantitative estimate of drug-likeness (QED) is 0.853. The first-order chi connectivity index (χ1) is 7.80. The lowest BCUT2D eigenvalue weighted by Gasteiger charge is -2.35. The van der Waals surface area contributed by atoms with Crippen LogP contribution in [-0.4, -0.2) is 22.9 Å². The standard InChI is InChI=1S/C12H17N3S/c13-11-14-9-12(5-1-2-6-12)15(11)8-10-4-3-7-16-10/h3-4,7H,1-2,5-6,8-9H2,(H2,13,14). The topological polar surface area (TPSA) is 41.6 Å². The fourth-order valence-corrected chi connectivity index (χ4v) is 3.60. The van der Waals surface area contributed by atoms with E-state index in [1.165, 1.54) is 30.6 Å². The second-order valence-corrected chi connectivity index (χ2v) is 5.80. The Morgan fingerprint density at radius 1 is 1.44 bits per heavy atom. The highest BCUT2D eigenvalue weighted by Gasteiger charge is 2.44. The van der Waals surface area contributed by atoms with E-state index in [1.54, 1.807) is 11.3 Å². The molecule has 0 radical (unpaired) electrons. The average molecular weight is 235 g/mol. The van der Waals surface area contributed by atoms with Gasteiger partial charge in [-0.3, -0.25) is 4.99 Å². The van der Waals surface area contributed by atoms with Crippen LogP contribution in [0.4, 0.5) is 0 Å². The molecule has 16 heavy (non-hydrogen) atoms. The van der Waals surface area contributed by atoms with Gasteiger partial charge in [-0.25, -0.2) is 0 Å². The summed E-state index contributed by atoms with van der Waals surface area (Å²) in [5.41, 5.74) is 6.29. The SMILES string of the molecule is NC1=NCC2(CCCC2)N1Cc1cccs1. The first-order valence-electron chi connectivity index (χ1n) is 5.90. The largest absolute Gasteiger partial charge is 0.370 e. The van der Waals surface area contributed by atoms with E-state index in [9.17, 15) is 0 Å². The van der Waals surface area contributed by atoms with E-state index in [0.29, 0.717) is 0 Å². The van der Waals surface area contributed by atoms with E-state index in [0.717, 1.165) is 19.0 Å². The van der Waals surface area contributed by atoms with Crippen LogP contribution in [0, 0.1) is 0 Å². The van der Waals surface area contributed by atoms with Crippen molar-refractivity contribution in [1.82, 2.24) is 4.90 Å². The van der Waals surface area contributed by atoms with Crippen molar-refractivity contribution < 1.29 is 0 Å². The molecule has 1 aromatic rings. The van der Waals surface area contributed by atoms with Gasteiger partial charge in [-0.1, -0.05) is 18.9 Å². The van der Waals surface area contributed by atoms with Crippen LogP contribution in [0.2, 0.25) is 0 Å². The fourth-order valence-electron chi connectivity index (χ4n) is 2.91. The maximum atomic E-state index is 6.03. The lowest BCUT2D eigenvalue weighted by atomic mass is 9.96. The molecule has 0 unspecified atom stereocenters. The molecule has 1 spiro atoms. The molecule has 3 rings (SSSR count). The lowest BCUT2D eigenvalue weighted by molar-refractivity contribution is 0.200. The molecule has 1 fully saturated rings. The molecule has 4 heteroatoms. The van der Waals surface area contributed by atoms with Crippen LogP contribution in [-0.2, 0) is 6.54 Å². The molecule has 0 atom stereocenters. The van der Waals surface area contributed by atoms with E-state index >= 15 is 0 Å². The van der Waals surface area contributed by atoms with Crippen molar-refractivity contribution in [2.45, 2.75) is 37.8 Å². The first-order valence-corrected chi connectivity index (χ1v) is 6.78. The minimum atomic E-state index is 0.258. The molecule has 0 bridgehead atoms. The molecule has 2 N–H and O–H groups in total. The molecule has 0 aromatic carbocycles. The van der Waals surface area contributed by atoms with Crippen molar-refractivity contribution in [2.75, 3.05) is 6.54 Å². The predicted molar refractivity (Wildman–Crippen MR) is 67.6 cm³/mol. The molecule has 1 aliphatic heterocycles. The summed E-state index contributed by atoms with van der Waals surface area (Å²) in [5.74, 6) is 0.746. The summed E-state index contributed by atoms with van der Waals surface area (Å²) in [4.78, 5) is 8.18. The van der Waals surface area contributed by atoms with Crippen LogP contribution in [0.3, 0.4) is 0 Å². The molecular formula is C12H17N3S. The summed E-state index contributed by atoms with van der Waals surface area (Å²) in [6.45, 7) is 1.84. The molecule has 2 aliphatic rings. The average Bonchev–Trinajstić information content (AvgIpc) is 2.98. The van der Waals surface area contributed by atoms with Crippen LogP contribution < -0.4 is 5.73 Å². The molecule has 3 nitrogen and oxygen atoms in total. The summed E-state index contributed by atoms with van der Waals surface area (Å²) < 4.78 is 0. The third kappa shape index (κ3) is 1.52. The number of thiophene rings is 1. The van der Waals surface area contributed by atoms with Gasteiger partial charge in [0.1, 0.15) is 0 Å². The fraction of sp³-hybridized carbons (Fsp3) is 0.583. The maximum Gasteiger partial charge on any atom is 0.192 e. The van der Waals surface area contributed by atoms with E-state index in [4.69, 9.17) is 5.73 Å². The number of guanidine groups is 1. The molecule has 0 saturated heterocycles. The Balaban J connectivity index is 1.82. The van der Waals surface area contributed by atoms with Gasteiger partial charge in [0, 0.05) is 4.88 Å². The van der Waals surface area contributed by atoms with Gasteiger partial charge in [0.15, 0.2) is 5.96 Å². The second kappa shape index (κ2) is 3.77. The third-order valence-electron chi connectivity index (χ3n) is 3.81. The van der Waals surface area contributed by atoms with Gasteiger partial charge >= 0.3 is 0 Å². The Bertz CT molecular complexity index is 390. The number of hydrogen-bond donors (Lipinski definition) is 1. The van der Waals surface area contributed by atoms with Crippen LogP contribution in [0.5, 0.6) is 0 Å². The van der Waals surface area contributed by atoms with Gasteiger partial charge in [0.25, 0.3) is 0 Å². The van der Waals surface area contributed by atoms with Crippen molar-refractivity contribution in [1.29, 1.82) is 0 Å². The Labute approximate surface area is 100.0 Å². The van der Waals surface area contributed by atoms with Gasteiger partial charge in [-0.05, 0) is 24.3 Å². The van der Waals surface area contributed by atoms with Crippen molar-refractivity contribution in [2.24, 2.45) is 10.7 Å². The van der Waals surface area contributed by atoms with Crippen LogP contribution in [0.25, 0.3) is 0 Å². The molecule has 1 saturated carbocycles. The summed E-state index contributed by atoms with van der Waals surface area (Å²) >= 11 is 1.80. The molecule has 1 aromatic heterocycles. The second-order valence-electron chi connectivity index (χ2n) is 4.77. The van der Waals surface area contributed by atoms with Crippen molar-refractivity contribution in [3.05, 3.63) is 22.4 Å². The monoisotopic (exact) mass is 235 g/mol. The number of nitrogens with zero attached hydrogens (tertiary/aromatic N) is 2. The zero-order chi connectivity index (χ0) is 11.0. The van der Waals surface area contributed by atoms with Crippen LogP contribution >= 0.6 is 11.3 Å². The first kappa shape index (κ1) is 10.1. The molecule has 2 heterocycles. The predicted octanol–water partition coefficient (Wildman–Crippen LogP) is 2.19. The summed E-state index contributed by atoms with van der Waals surface area (Å²) in [7, 11) is 0. The normalized spacial score (nSPS) is 23.0. The third-order valence-corrected chi connectivity index (χ3v) is 4.67. The lowest BCUT2D eigenvalue weighted by Crippen LogP contribution is -2.49. The van der Waals surface area contributed by atoms with Crippen molar-refractivity contribution >= 4 is 17.3 Å². The number of rotatable bonds is 2. The van der Waals surface area contributed by atoms with Gasteiger partial charge in [0.2, 0.25) is 0 Å². The smallest absolute Gasteiger partial charge is 0.192 e. The maximum absolute atomic E-state index is 6.03. The van der Waals surface area contributed by atoms with Crippen molar-refractivity contribution in [3.63, 3.8) is 0 Å². The van der Waals surface area contributed by atoms with Crippen molar-refractivity contribution in [3.8, 4) is 0 Å². The van der Waals surface area contributed by atoms with E-state index in [2.05, 4.69) is 27.4 Å². The summed E-state index contributed by atoms with van der Waals surface area (Å²) in [6.07, 6.45) is 5.15. The minimum absolute atomic E-state index is 0.258. The number of aliphatic imine (C=N–C) groups is 1. The van der Waals surface area contributed by atoms with Crippen LogP contribution in [0.15, 0.2) is 22.5 Å². The van der Waals surface area contributed by atoms with Crippen LogP contribution in [0.1, 0.15) is 30.6 Å². The van der Waals surface area contributed by atoms with E-state index in [1.807, 2.05) is 0 Å². The zero-order valence-electron chi connectivity index (χ0n) is 9.35. The summed E-state index contributed by atoms with van der Waals surface area (Å²) in [5, 5.41) is 2.13. The van der Waals surface area contributed by atoms with E-state index in [-0.39, 0.29) is 5.54 Å². The Morgan fingerprint density at radius 2 is 2.25 bits per heavy atom. The Kier molecular flexibility index (Phi) is 2.39. The molecule has 1 aliphatic carbocycles. The number of nitrogens with two attached hydrogens (primary N) is 1. The van der Waals surface area contributed by atoms with Gasteiger partial charge in [0.05, 0.1) is 18.6 Å². The highest BCUT2D eigenvalue weighted by molar-refractivity contribution is 7.09. The minimum Gasteiger partial charge on any atom is -0.370 e. The molecule has 86 valence electrons. The van der Waals surface area contributed by atoms with Gasteiger partial charge < -0.3 is 10.6 Å². The van der Waals surface area contributed by atoms with Gasteiger partial charge in [-0.15, -0.1) is 11.3 Å². The zero-order valence-corrected chi connectivity index (χ0v) is 10.2. The Morgan fingerprint density at radius 3 is 2.94 bits per heavy atom.